The molecular weight excluding hydrogens is 352 g/mol. The zero-order chi connectivity index (χ0) is 19.8. The molecule has 0 radical (unpaired) electrons. The minimum atomic E-state index is -0.920. The fourth-order valence-electron chi connectivity index (χ4n) is 4.54. The van der Waals surface area contributed by atoms with Gasteiger partial charge < -0.3 is 9.47 Å². The van der Waals surface area contributed by atoms with Gasteiger partial charge in [-0.05, 0) is 35.1 Å². The van der Waals surface area contributed by atoms with E-state index in [1.807, 2.05) is 72.8 Å². The van der Waals surface area contributed by atoms with Crippen LogP contribution in [0.5, 0.6) is 0 Å². The lowest BCUT2D eigenvalue weighted by Gasteiger charge is -2.48. The van der Waals surface area contributed by atoms with Gasteiger partial charge in [-0.3, -0.25) is 9.59 Å². The zero-order valence-corrected chi connectivity index (χ0v) is 16.0. The second kappa shape index (κ2) is 6.79. The molecule has 0 saturated carbocycles. The van der Waals surface area contributed by atoms with Crippen molar-refractivity contribution in [2.24, 2.45) is 10.8 Å². The van der Waals surface area contributed by atoms with E-state index in [4.69, 9.17) is 9.47 Å². The van der Waals surface area contributed by atoms with E-state index in [-0.39, 0.29) is 11.9 Å². The van der Waals surface area contributed by atoms with Gasteiger partial charge in [-0.25, -0.2) is 0 Å². The maximum atomic E-state index is 13.0. The van der Waals surface area contributed by atoms with Gasteiger partial charge in [0.05, 0.1) is 14.2 Å². The number of benzene rings is 2. The van der Waals surface area contributed by atoms with Crippen molar-refractivity contribution in [3.8, 4) is 0 Å². The van der Waals surface area contributed by atoms with E-state index in [9.17, 15) is 9.59 Å². The van der Waals surface area contributed by atoms with E-state index in [1.54, 1.807) is 0 Å². The standard InChI is InChI=1S/C24H22O4/c1-27-21(25)23-13-14-24(22(26)28-2,16-19(23)17-9-5-3-6-10-17)20(15-23)18-11-7-4-8-12-18/h3-12,15-16H,13-14H2,1-2H3/t23-,24-/m0/s1. The number of esters is 2. The van der Waals surface area contributed by atoms with Crippen LogP contribution in [0.15, 0.2) is 72.8 Å². The van der Waals surface area contributed by atoms with Crippen LogP contribution in [0.25, 0.3) is 11.1 Å². The largest absolute Gasteiger partial charge is 0.468 e. The van der Waals surface area contributed by atoms with Crippen LogP contribution in [-0.2, 0) is 19.1 Å². The highest BCUT2D eigenvalue weighted by molar-refractivity contribution is 6.08. The normalized spacial score (nSPS) is 25.5. The lowest BCUT2D eigenvalue weighted by atomic mass is 9.53. The molecule has 0 aromatic heterocycles. The third kappa shape index (κ3) is 2.52. The lowest BCUT2D eigenvalue weighted by molar-refractivity contribution is -0.152. The van der Waals surface area contributed by atoms with E-state index >= 15 is 0 Å². The Bertz CT molecular complexity index is 893. The average molecular weight is 374 g/mol. The van der Waals surface area contributed by atoms with Crippen molar-refractivity contribution in [3.63, 3.8) is 0 Å². The van der Waals surface area contributed by atoms with Gasteiger partial charge in [0.25, 0.3) is 0 Å². The second-order valence-electron chi connectivity index (χ2n) is 7.27. The Morgan fingerprint density at radius 1 is 0.679 bits per heavy atom. The first-order chi connectivity index (χ1) is 13.6. The van der Waals surface area contributed by atoms with Gasteiger partial charge in [0.1, 0.15) is 10.8 Å². The molecule has 0 heterocycles. The molecule has 2 bridgehead atoms. The molecule has 0 N–H and O–H groups in total. The van der Waals surface area contributed by atoms with Gasteiger partial charge in [0, 0.05) is 0 Å². The topological polar surface area (TPSA) is 52.6 Å². The van der Waals surface area contributed by atoms with Crippen molar-refractivity contribution in [1.82, 2.24) is 0 Å². The number of ether oxygens (including phenoxy) is 2. The molecule has 0 amide bonds. The Hall–Kier alpha value is -3.14. The molecule has 4 heteroatoms. The third-order valence-corrected chi connectivity index (χ3v) is 5.93. The number of carbonyl (C=O) groups excluding carboxylic acids is 2. The van der Waals surface area contributed by atoms with Crippen molar-refractivity contribution in [2.45, 2.75) is 12.8 Å². The number of hydrogen-bond acceptors (Lipinski definition) is 4. The predicted molar refractivity (Wildman–Crippen MR) is 107 cm³/mol. The molecule has 28 heavy (non-hydrogen) atoms. The highest BCUT2D eigenvalue weighted by Crippen LogP contribution is 2.61. The van der Waals surface area contributed by atoms with Gasteiger partial charge in [-0.1, -0.05) is 72.8 Å². The van der Waals surface area contributed by atoms with Gasteiger partial charge in [-0.2, -0.15) is 0 Å². The second-order valence-corrected chi connectivity index (χ2v) is 7.27. The van der Waals surface area contributed by atoms with Crippen LogP contribution in [0.1, 0.15) is 24.0 Å². The maximum absolute atomic E-state index is 13.0. The molecule has 0 saturated heterocycles. The number of hydrogen-bond donors (Lipinski definition) is 0. The Morgan fingerprint density at radius 2 is 1.04 bits per heavy atom. The van der Waals surface area contributed by atoms with E-state index < -0.39 is 10.8 Å². The molecule has 142 valence electrons. The van der Waals surface area contributed by atoms with Crippen LogP contribution in [0, 0.1) is 10.8 Å². The minimum absolute atomic E-state index is 0.311. The van der Waals surface area contributed by atoms with E-state index in [0.717, 1.165) is 22.3 Å². The fraction of sp³-hybridized carbons (Fsp3) is 0.250. The first-order valence-electron chi connectivity index (χ1n) is 9.32. The molecule has 4 nitrogen and oxygen atoms in total. The van der Waals surface area contributed by atoms with E-state index in [0.29, 0.717) is 12.8 Å². The Labute approximate surface area is 164 Å². The van der Waals surface area contributed by atoms with E-state index in [2.05, 4.69) is 0 Å². The summed E-state index contributed by atoms with van der Waals surface area (Å²) in [5.74, 6) is -0.622. The number of rotatable bonds is 4. The van der Waals surface area contributed by atoms with Crippen molar-refractivity contribution in [1.29, 1.82) is 0 Å². The van der Waals surface area contributed by atoms with Crippen LogP contribution in [0.4, 0.5) is 0 Å². The summed E-state index contributed by atoms with van der Waals surface area (Å²) in [5, 5.41) is 0. The fourth-order valence-corrected chi connectivity index (χ4v) is 4.54. The summed E-state index contributed by atoms with van der Waals surface area (Å²) in [5.41, 5.74) is 1.58. The van der Waals surface area contributed by atoms with Crippen LogP contribution in [0.2, 0.25) is 0 Å². The summed E-state index contributed by atoms with van der Waals surface area (Å²) in [6.45, 7) is 0. The molecule has 2 aromatic rings. The van der Waals surface area contributed by atoms with Crippen LogP contribution < -0.4 is 0 Å². The summed E-state index contributed by atoms with van der Waals surface area (Å²) in [4.78, 5) is 26.1. The summed E-state index contributed by atoms with van der Waals surface area (Å²) in [6, 6.07) is 19.4. The Kier molecular flexibility index (Phi) is 4.42. The molecule has 2 atom stereocenters. The third-order valence-electron chi connectivity index (χ3n) is 5.93. The maximum Gasteiger partial charge on any atom is 0.320 e. The number of fused-ring (bicyclic) bond motifs is 1. The average Bonchev–Trinajstić information content (AvgIpc) is 2.79. The number of carbonyl (C=O) groups is 2. The minimum Gasteiger partial charge on any atom is -0.468 e. The highest BCUT2D eigenvalue weighted by atomic mass is 16.5. The van der Waals surface area contributed by atoms with Crippen LogP contribution in [-0.4, -0.2) is 26.2 Å². The number of methoxy groups -OCH3 is 2. The Balaban J connectivity index is 2.00. The quantitative estimate of drug-likeness (QED) is 0.750. The molecule has 3 aliphatic rings. The lowest BCUT2D eigenvalue weighted by Crippen LogP contribution is -2.47. The first-order valence-corrected chi connectivity index (χ1v) is 9.32. The van der Waals surface area contributed by atoms with Gasteiger partial charge in [0.2, 0.25) is 0 Å². The van der Waals surface area contributed by atoms with Crippen molar-refractivity contribution in [3.05, 3.63) is 83.9 Å². The molecule has 0 aliphatic heterocycles. The summed E-state index contributed by atoms with van der Waals surface area (Å²) < 4.78 is 10.4. The summed E-state index contributed by atoms with van der Waals surface area (Å²) >= 11 is 0. The molecule has 5 rings (SSSR count). The summed E-state index contributed by atoms with van der Waals surface area (Å²) in [7, 11) is 2.82. The van der Waals surface area contributed by atoms with Crippen molar-refractivity contribution < 1.29 is 19.1 Å². The smallest absolute Gasteiger partial charge is 0.320 e. The van der Waals surface area contributed by atoms with Crippen molar-refractivity contribution >= 4 is 23.1 Å². The molecule has 3 aliphatic carbocycles. The molecule has 0 spiro atoms. The van der Waals surface area contributed by atoms with Gasteiger partial charge in [-0.15, -0.1) is 0 Å². The predicted octanol–water partition coefficient (Wildman–Crippen LogP) is 4.28. The SMILES string of the molecule is COC(=O)[C@@]12C=C(c3ccccc3)[C@@](C(=O)OC)(C=C1c1ccccc1)CC2. The molecule has 0 fully saturated rings. The highest BCUT2D eigenvalue weighted by Gasteiger charge is 2.58. The Morgan fingerprint density at radius 3 is 1.36 bits per heavy atom. The first kappa shape index (κ1) is 18.2. The van der Waals surface area contributed by atoms with E-state index in [1.165, 1.54) is 14.2 Å². The molecule has 0 unspecified atom stereocenters. The van der Waals surface area contributed by atoms with Crippen molar-refractivity contribution in [2.75, 3.05) is 14.2 Å². The van der Waals surface area contributed by atoms with Crippen LogP contribution >= 0.6 is 0 Å². The monoisotopic (exact) mass is 374 g/mol. The van der Waals surface area contributed by atoms with Gasteiger partial charge in [0.15, 0.2) is 0 Å². The van der Waals surface area contributed by atoms with Crippen LogP contribution in [0.3, 0.4) is 0 Å². The molecular formula is C24H22O4. The zero-order valence-electron chi connectivity index (χ0n) is 16.0. The molecule has 2 aromatic carbocycles. The summed E-state index contributed by atoms with van der Waals surface area (Å²) in [6.07, 6.45) is 4.84. The van der Waals surface area contributed by atoms with Gasteiger partial charge >= 0.3 is 11.9 Å².